The number of carbonyl (C=O) groups is 1. The van der Waals surface area contributed by atoms with Crippen molar-refractivity contribution in [2.24, 2.45) is 5.73 Å². The summed E-state index contributed by atoms with van der Waals surface area (Å²) in [6, 6.07) is 1.52. The van der Waals surface area contributed by atoms with Crippen LogP contribution in [0.15, 0.2) is 12.3 Å². The summed E-state index contributed by atoms with van der Waals surface area (Å²) in [6.45, 7) is 3.92. The van der Waals surface area contributed by atoms with Crippen LogP contribution in [0.25, 0.3) is 0 Å². The Morgan fingerprint density at radius 3 is 2.74 bits per heavy atom. The van der Waals surface area contributed by atoms with Crippen LogP contribution < -0.4 is 11.1 Å². The number of amides is 1. The van der Waals surface area contributed by atoms with Crippen LogP contribution in [0, 0.1) is 10.1 Å². The number of nitrogens with two attached hydrogens (primary N) is 1. The summed E-state index contributed by atoms with van der Waals surface area (Å²) in [7, 11) is 0. The van der Waals surface area contributed by atoms with Crippen molar-refractivity contribution in [3.05, 3.63) is 28.1 Å². The van der Waals surface area contributed by atoms with Crippen LogP contribution in [-0.2, 0) is 0 Å². The van der Waals surface area contributed by atoms with Gasteiger partial charge in [-0.05, 0) is 26.7 Å². The number of aromatic nitrogens is 1. The zero-order valence-electron chi connectivity index (χ0n) is 11.0. The Morgan fingerprint density at radius 2 is 2.26 bits per heavy atom. The predicted molar refractivity (Wildman–Crippen MR) is 70.0 cm³/mol. The van der Waals surface area contributed by atoms with Gasteiger partial charge in [0.05, 0.1) is 11.1 Å². The van der Waals surface area contributed by atoms with E-state index in [0.717, 1.165) is 12.8 Å². The molecule has 0 unspecified atom stereocenters. The van der Waals surface area contributed by atoms with Gasteiger partial charge in [0, 0.05) is 24.2 Å². The minimum Gasteiger partial charge on any atom is -0.345 e. The van der Waals surface area contributed by atoms with E-state index in [-0.39, 0.29) is 17.6 Å². The molecule has 0 saturated heterocycles. The van der Waals surface area contributed by atoms with Crippen molar-refractivity contribution in [2.45, 2.75) is 38.3 Å². The number of carbonyl (C=O) groups excluding carboxylic acids is 1. The number of nitrogens with one attached hydrogen (secondary N) is 1. The van der Waals surface area contributed by atoms with E-state index in [2.05, 4.69) is 5.32 Å². The van der Waals surface area contributed by atoms with E-state index in [1.165, 1.54) is 12.3 Å². The first-order valence-electron chi connectivity index (χ1n) is 6.23. The average molecular weight is 266 g/mol. The molecule has 104 valence electrons. The molecule has 1 fully saturated rings. The summed E-state index contributed by atoms with van der Waals surface area (Å²) in [5, 5.41) is 13.6. The van der Waals surface area contributed by atoms with E-state index in [0.29, 0.717) is 12.2 Å². The number of nitrogens with zero attached hydrogens (tertiary/aromatic N) is 2. The van der Waals surface area contributed by atoms with Crippen LogP contribution in [0.3, 0.4) is 0 Å². The van der Waals surface area contributed by atoms with E-state index in [9.17, 15) is 14.9 Å². The molecule has 0 radical (unpaired) electrons. The Labute approximate surface area is 110 Å². The minimum atomic E-state index is -0.537. The molecule has 3 N–H and O–H groups in total. The zero-order valence-corrected chi connectivity index (χ0v) is 11.0. The smallest absolute Gasteiger partial charge is 0.287 e. The van der Waals surface area contributed by atoms with Gasteiger partial charge in [-0.2, -0.15) is 0 Å². The zero-order chi connectivity index (χ0) is 14.2. The normalized spacial score (nSPS) is 15.3. The van der Waals surface area contributed by atoms with Crippen LogP contribution >= 0.6 is 0 Å². The van der Waals surface area contributed by atoms with E-state index >= 15 is 0 Å². The van der Waals surface area contributed by atoms with E-state index in [1.807, 2.05) is 13.8 Å². The number of hydrogen-bond acceptors (Lipinski definition) is 4. The fraction of sp³-hybridized carbons (Fsp3) is 0.583. The van der Waals surface area contributed by atoms with Gasteiger partial charge in [-0.3, -0.25) is 14.9 Å². The Balaban J connectivity index is 2.27. The fourth-order valence-corrected chi connectivity index (χ4v) is 1.82. The number of hydrogen-bond donors (Lipinski definition) is 2. The van der Waals surface area contributed by atoms with Crippen LogP contribution in [0.5, 0.6) is 0 Å². The molecule has 7 heteroatoms. The molecule has 1 aromatic rings. The maximum atomic E-state index is 12.2. The highest BCUT2D eigenvalue weighted by molar-refractivity contribution is 5.94. The second-order valence-corrected chi connectivity index (χ2v) is 5.52. The van der Waals surface area contributed by atoms with Crippen LogP contribution in [0.2, 0.25) is 0 Å². The molecule has 0 aromatic carbocycles. The molecule has 1 amide bonds. The summed E-state index contributed by atoms with van der Waals surface area (Å²) in [5.41, 5.74) is 5.31. The van der Waals surface area contributed by atoms with Crippen LogP contribution in [-0.4, -0.2) is 27.5 Å². The largest absolute Gasteiger partial charge is 0.345 e. The van der Waals surface area contributed by atoms with Crippen molar-refractivity contribution in [1.29, 1.82) is 0 Å². The average Bonchev–Trinajstić information content (AvgIpc) is 3.07. The van der Waals surface area contributed by atoms with Gasteiger partial charge in [-0.25, -0.2) is 0 Å². The highest BCUT2D eigenvalue weighted by Gasteiger charge is 2.31. The fourth-order valence-electron chi connectivity index (χ4n) is 1.82. The highest BCUT2D eigenvalue weighted by Crippen LogP contribution is 2.37. The van der Waals surface area contributed by atoms with E-state index in [4.69, 9.17) is 5.73 Å². The molecule has 0 spiro atoms. The summed E-state index contributed by atoms with van der Waals surface area (Å²) in [5.74, 6) is -0.324. The SMILES string of the molecule is CC(C)(CN)NC(=O)c1cc([N+](=O)[O-])cn1C1CC1. The Bertz CT molecular complexity index is 517. The quantitative estimate of drug-likeness (QED) is 0.617. The third kappa shape index (κ3) is 2.93. The lowest BCUT2D eigenvalue weighted by Gasteiger charge is -2.24. The van der Waals surface area contributed by atoms with Crippen LogP contribution in [0.4, 0.5) is 5.69 Å². The van der Waals surface area contributed by atoms with Crippen molar-refractivity contribution < 1.29 is 9.72 Å². The summed E-state index contributed by atoms with van der Waals surface area (Å²) < 4.78 is 1.69. The molecule has 19 heavy (non-hydrogen) atoms. The lowest BCUT2D eigenvalue weighted by Crippen LogP contribution is -2.49. The molecule has 1 heterocycles. The van der Waals surface area contributed by atoms with Crippen molar-refractivity contribution in [2.75, 3.05) is 6.54 Å². The first-order chi connectivity index (χ1) is 8.84. The lowest BCUT2D eigenvalue weighted by molar-refractivity contribution is -0.384. The molecular weight excluding hydrogens is 248 g/mol. The molecule has 0 atom stereocenters. The summed E-state index contributed by atoms with van der Waals surface area (Å²) in [6.07, 6.45) is 3.33. The van der Waals surface area contributed by atoms with Crippen molar-refractivity contribution >= 4 is 11.6 Å². The molecule has 1 aliphatic rings. The standard InChI is InChI=1S/C12H18N4O3/c1-12(2,7-13)14-11(17)10-5-9(16(18)19)6-15(10)8-3-4-8/h5-6,8H,3-4,7,13H2,1-2H3,(H,14,17). The molecule has 1 aliphatic carbocycles. The maximum Gasteiger partial charge on any atom is 0.287 e. The van der Waals surface area contributed by atoms with Crippen LogP contribution in [0.1, 0.15) is 43.2 Å². The third-order valence-corrected chi connectivity index (χ3v) is 3.18. The van der Waals surface area contributed by atoms with E-state index < -0.39 is 10.5 Å². The van der Waals surface area contributed by atoms with Crippen molar-refractivity contribution in [1.82, 2.24) is 9.88 Å². The van der Waals surface area contributed by atoms with E-state index in [1.54, 1.807) is 4.57 Å². The molecule has 0 aliphatic heterocycles. The van der Waals surface area contributed by atoms with Gasteiger partial charge in [-0.15, -0.1) is 0 Å². The third-order valence-electron chi connectivity index (χ3n) is 3.18. The second-order valence-electron chi connectivity index (χ2n) is 5.52. The topological polar surface area (TPSA) is 103 Å². The monoisotopic (exact) mass is 266 g/mol. The Morgan fingerprint density at radius 1 is 1.63 bits per heavy atom. The van der Waals surface area contributed by atoms with Gasteiger partial charge in [0.2, 0.25) is 0 Å². The van der Waals surface area contributed by atoms with Gasteiger partial charge < -0.3 is 15.6 Å². The number of nitro groups is 1. The second kappa shape index (κ2) is 4.65. The Kier molecular flexibility index (Phi) is 3.32. The van der Waals surface area contributed by atoms with Gasteiger partial charge in [0.15, 0.2) is 0 Å². The minimum absolute atomic E-state index is 0.0531. The molecule has 0 bridgehead atoms. The molecule has 7 nitrogen and oxygen atoms in total. The van der Waals surface area contributed by atoms with Crippen molar-refractivity contribution in [3.8, 4) is 0 Å². The number of rotatable bonds is 5. The molecular formula is C12H18N4O3. The highest BCUT2D eigenvalue weighted by atomic mass is 16.6. The van der Waals surface area contributed by atoms with Crippen molar-refractivity contribution in [3.63, 3.8) is 0 Å². The lowest BCUT2D eigenvalue weighted by atomic mass is 10.1. The molecule has 1 saturated carbocycles. The molecule has 2 rings (SSSR count). The first kappa shape index (κ1) is 13.5. The van der Waals surface area contributed by atoms with Gasteiger partial charge in [0.25, 0.3) is 11.6 Å². The van der Waals surface area contributed by atoms with Gasteiger partial charge in [-0.1, -0.05) is 0 Å². The van der Waals surface area contributed by atoms with Gasteiger partial charge >= 0.3 is 0 Å². The maximum absolute atomic E-state index is 12.2. The van der Waals surface area contributed by atoms with Gasteiger partial charge in [0.1, 0.15) is 5.69 Å². The Hall–Kier alpha value is -1.89. The molecule has 1 aromatic heterocycles. The summed E-state index contributed by atoms with van der Waals surface area (Å²) in [4.78, 5) is 22.5. The predicted octanol–water partition coefficient (Wildman–Crippen LogP) is 1.20. The first-order valence-corrected chi connectivity index (χ1v) is 6.23. The summed E-state index contributed by atoms with van der Waals surface area (Å²) >= 11 is 0.